The number of nitro groups is 1. The first-order chi connectivity index (χ1) is 10.9. The second kappa shape index (κ2) is 5.98. The van der Waals surface area contributed by atoms with Crippen LogP contribution in [0.3, 0.4) is 0 Å². The van der Waals surface area contributed by atoms with E-state index < -0.39 is 11.1 Å². The lowest BCUT2D eigenvalue weighted by Gasteiger charge is -2.55. The van der Waals surface area contributed by atoms with Crippen molar-refractivity contribution in [2.75, 3.05) is 20.3 Å². The van der Waals surface area contributed by atoms with Crippen LogP contribution in [-0.2, 0) is 14.3 Å². The molecule has 0 spiro atoms. The molecule has 0 radical (unpaired) electrons. The van der Waals surface area contributed by atoms with Gasteiger partial charge in [0, 0.05) is 0 Å². The number of ether oxygens (including phenoxy) is 2. The summed E-state index contributed by atoms with van der Waals surface area (Å²) in [7, 11) is 1.00. The molecule has 0 aromatic heterocycles. The van der Waals surface area contributed by atoms with Crippen LogP contribution in [0.25, 0.3) is 0 Å². The van der Waals surface area contributed by atoms with Crippen molar-refractivity contribution in [2.24, 2.45) is 23.2 Å². The van der Waals surface area contributed by atoms with Gasteiger partial charge in [-0.25, -0.2) is 14.9 Å². The minimum Gasteiger partial charge on any atom is -0.462 e. The number of rotatable bonds is 5. The van der Waals surface area contributed by atoms with Gasteiger partial charge in [-0.1, -0.05) is 0 Å². The van der Waals surface area contributed by atoms with Gasteiger partial charge in [0.25, 0.3) is 0 Å². The first-order valence-corrected chi connectivity index (χ1v) is 8.11. The maximum Gasteiger partial charge on any atom is 0.468 e. The fraction of sp³-hybridized carbons (Fsp3) is 0.867. The topological polar surface area (TPSA) is 99.0 Å². The number of hydrazine groups is 1. The highest BCUT2D eigenvalue weighted by molar-refractivity contribution is 5.77. The van der Waals surface area contributed by atoms with Crippen molar-refractivity contribution in [3.8, 4) is 0 Å². The Morgan fingerprint density at radius 3 is 2.04 bits per heavy atom. The summed E-state index contributed by atoms with van der Waals surface area (Å²) in [6, 6.07) is 0. The Hall–Kier alpha value is -1.86. The van der Waals surface area contributed by atoms with Crippen molar-refractivity contribution in [3.63, 3.8) is 0 Å². The SMILES string of the molecule is CN(C(=O)OCCOC(=O)C12CC3CC(CC(C3)C1)C2)[N+](=O)[O-]. The Bertz CT molecular complexity index is 485. The van der Waals surface area contributed by atoms with Crippen LogP contribution in [0.2, 0.25) is 0 Å². The zero-order valence-electron chi connectivity index (χ0n) is 13.2. The van der Waals surface area contributed by atoms with Crippen molar-refractivity contribution in [1.82, 2.24) is 5.01 Å². The molecule has 0 saturated heterocycles. The van der Waals surface area contributed by atoms with E-state index in [0.717, 1.165) is 26.3 Å². The predicted octanol–water partition coefficient (Wildman–Crippen LogP) is 2.01. The molecule has 8 nitrogen and oxygen atoms in total. The number of esters is 1. The van der Waals surface area contributed by atoms with E-state index in [1.165, 1.54) is 19.3 Å². The van der Waals surface area contributed by atoms with Gasteiger partial charge in [0.1, 0.15) is 13.2 Å². The monoisotopic (exact) mass is 326 g/mol. The molecule has 0 heterocycles. The third kappa shape index (κ3) is 3.11. The molecule has 0 unspecified atom stereocenters. The number of hydrogen-bond acceptors (Lipinski definition) is 6. The molecule has 23 heavy (non-hydrogen) atoms. The molecule has 1 amide bonds. The highest BCUT2D eigenvalue weighted by Gasteiger charge is 2.55. The third-order valence-corrected chi connectivity index (χ3v) is 5.52. The van der Waals surface area contributed by atoms with Crippen LogP contribution >= 0.6 is 0 Å². The van der Waals surface area contributed by atoms with Crippen LogP contribution < -0.4 is 0 Å². The predicted molar refractivity (Wildman–Crippen MR) is 77.7 cm³/mol. The van der Waals surface area contributed by atoms with E-state index in [2.05, 4.69) is 0 Å². The molecule has 4 saturated carbocycles. The average molecular weight is 326 g/mol. The lowest BCUT2D eigenvalue weighted by molar-refractivity contribution is -0.628. The summed E-state index contributed by atoms with van der Waals surface area (Å²) < 4.78 is 10.0. The molecule has 4 rings (SSSR count). The zero-order valence-corrected chi connectivity index (χ0v) is 13.2. The molecule has 8 heteroatoms. The van der Waals surface area contributed by atoms with Crippen molar-refractivity contribution >= 4 is 12.1 Å². The maximum absolute atomic E-state index is 12.5. The highest BCUT2D eigenvalue weighted by Crippen LogP contribution is 2.60. The molecule has 128 valence electrons. The van der Waals surface area contributed by atoms with Crippen molar-refractivity contribution < 1.29 is 24.1 Å². The molecule has 0 aromatic carbocycles. The molecule has 4 aliphatic rings. The quantitative estimate of drug-likeness (QED) is 0.332. The van der Waals surface area contributed by atoms with E-state index in [1.54, 1.807) is 0 Å². The standard InChI is InChI=1S/C15H22N2O6/c1-16(17(20)21)14(19)23-3-2-22-13(18)15-7-10-4-11(8-15)6-12(5-10)9-15/h10-12H,2-9H2,1H3. The van der Waals surface area contributed by atoms with E-state index in [0.29, 0.717) is 17.8 Å². The van der Waals surface area contributed by atoms with Gasteiger partial charge in [-0.05, 0) is 61.3 Å². The smallest absolute Gasteiger partial charge is 0.462 e. The molecule has 0 N–H and O–H groups in total. The van der Waals surface area contributed by atoms with E-state index in [9.17, 15) is 19.7 Å². The highest BCUT2D eigenvalue weighted by atomic mass is 16.7. The van der Waals surface area contributed by atoms with E-state index >= 15 is 0 Å². The summed E-state index contributed by atoms with van der Waals surface area (Å²) in [6.45, 7) is -0.229. The third-order valence-electron chi connectivity index (χ3n) is 5.52. The second-order valence-corrected chi connectivity index (χ2v) is 7.21. The average Bonchev–Trinajstić information content (AvgIpc) is 2.48. The summed E-state index contributed by atoms with van der Waals surface area (Å²) in [5.41, 5.74) is -0.337. The first-order valence-electron chi connectivity index (χ1n) is 8.11. The van der Waals surface area contributed by atoms with Crippen LogP contribution in [0.1, 0.15) is 38.5 Å². The molecule has 4 fully saturated rings. The lowest BCUT2D eigenvalue weighted by Crippen LogP contribution is -2.50. The lowest BCUT2D eigenvalue weighted by atomic mass is 9.49. The van der Waals surface area contributed by atoms with Gasteiger partial charge in [-0.15, -0.1) is 0 Å². The summed E-state index contributed by atoms with van der Waals surface area (Å²) in [5.74, 6) is 1.77. The Morgan fingerprint density at radius 2 is 1.57 bits per heavy atom. The number of amides is 1. The molecule has 4 aliphatic carbocycles. The Kier molecular flexibility index (Phi) is 4.16. The van der Waals surface area contributed by atoms with Gasteiger partial charge in [-0.3, -0.25) is 4.79 Å². The Balaban J connectivity index is 1.45. The summed E-state index contributed by atoms with van der Waals surface area (Å²) in [5, 5.41) is 9.77. The van der Waals surface area contributed by atoms with Crippen LogP contribution in [0.15, 0.2) is 0 Å². The number of carbonyl (C=O) groups is 2. The van der Waals surface area contributed by atoms with E-state index in [1.807, 2.05) is 0 Å². The molecular formula is C15H22N2O6. The van der Waals surface area contributed by atoms with Crippen molar-refractivity contribution in [1.29, 1.82) is 0 Å². The zero-order chi connectivity index (χ0) is 16.6. The van der Waals surface area contributed by atoms with Gasteiger partial charge in [0.15, 0.2) is 5.03 Å². The fourth-order valence-corrected chi connectivity index (χ4v) is 4.94. The molecule has 4 bridgehead atoms. The Morgan fingerprint density at radius 1 is 1.09 bits per heavy atom. The van der Waals surface area contributed by atoms with Gasteiger partial charge in [0.2, 0.25) is 0 Å². The number of carbonyl (C=O) groups excluding carboxylic acids is 2. The summed E-state index contributed by atoms with van der Waals surface area (Å²) in [6.07, 6.45) is 5.43. The van der Waals surface area contributed by atoms with Gasteiger partial charge >= 0.3 is 12.1 Å². The van der Waals surface area contributed by atoms with Crippen LogP contribution in [-0.4, -0.2) is 42.4 Å². The van der Waals surface area contributed by atoms with Crippen LogP contribution in [0.4, 0.5) is 4.79 Å². The summed E-state index contributed by atoms with van der Waals surface area (Å²) >= 11 is 0. The van der Waals surface area contributed by atoms with Crippen molar-refractivity contribution in [2.45, 2.75) is 38.5 Å². The summed E-state index contributed by atoms with van der Waals surface area (Å²) in [4.78, 5) is 34.2. The van der Waals surface area contributed by atoms with Gasteiger partial charge in [-0.2, -0.15) is 0 Å². The molecule has 0 aromatic rings. The van der Waals surface area contributed by atoms with Gasteiger partial charge < -0.3 is 9.47 Å². The molecule has 0 atom stereocenters. The number of hydrogen-bond donors (Lipinski definition) is 0. The van der Waals surface area contributed by atoms with Gasteiger partial charge in [0.05, 0.1) is 12.5 Å². The molecular weight excluding hydrogens is 304 g/mol. The first kappa shape index (κ1) is 16.0. The van der Waals surface area contributed by atoms with Crippen LogP contribution in [0.5, 0.6) is 0 Å². The maximum atomic E-state index is 12.5. The minimum absolute atomic E-state index is 0.0577. The van der Waals surface area contributed by atoms with Crippen molar-refractivity contribution in [3.05, 3.63) is 10.1 Å². The normalized spacial score (nSPS) is 34.0. The number of nitrogens with zero attached hydrogens (tertiary/aromatic N) is 2. The van der Waals surface area contributed by atoms with E-state index in [4.69, 9.17) is 9.47 Å². The van der Waals surface area contributed by atoms with Crippen LogP contribution in [0, 0.1) is 33.3 Å². The van der Waals surface area contributed by atoms with E-state index in [-0.39, 0.29) is 29.6 Å². The minimum atomic E-state index is -1.07. The second-order valence-electron chi connectivity index (χ2n) is 7.21. The fourth-order valence-electron chi connectivity index (χ4n) is 4.94. The largest absolute Gasteiger partial charge is 0.468 e. The molecule has 0 aliphatic heterocycles. The Labute approximate surface area is 134 Å².